The van der Waals surface area contributed by atoms with Crippen LogP contribution in [0.25, 0.3) is 16.4 Å². The third kappa shape index (κ3) is 3.04. The molecule has 0 atom stereocenters. The molecule has 0 bridgehead atoms. The van der Waals surface area contributed by atoms with Crippen LogP contribution in [0.3, 0.4) is 0 Å². The number of phenolic OH excluding ortho intramolecular Hbond substituents is 1. The summed E-state index contributed by atoms with van der Waals surface area (Å²) in [7, 11) is -3.05. The minimum Gasteiger partial charge on any atom is -0.504 e. The van der Waals surface area contributed by atoms with Gasteiger partial charge in [-0.1, -0.05) is 6.58 Å². The summed E-state index contributed by atoms with van der Waals surface area (Å²) >= 11 is 0. The van der Waals surface area contributed by atoms with Gasteiger partial charge in [0.05, 0.1) is 12.4 Å². The predicted octanol–water partition coefficient (Wildman–Crippen LogP) is 2.92. The van der Waals surface area contributed by atoms with Gasteiger partial charge in [-0.05, 0) is 41.8 Å². The third-order valence-electron chi connectivity index (χ3n) is 3.28. The zero-order chi connectivity index (χ0) is 16.5. The zero-order valence-electron chi connectivity index (χ0n) is 12.1. The van der Waals surface area contributed by atoms with Gasteiger partial charge in [0.25, 0.3) is 0 Å². The minimum atomic E-state index is -4.48. The van der Waals surface area contributed by atoms with Gasteiger partial charge in [-0.25, -0.2) is 0 Å². The molecular weight excluding hydrogens is 305 g/mol. The number of methoxy groups -OCH3 is 1. The molecule has 0 aliphatic heterocycles. The van der Waals surface area contributed by atoms with Crippen molar-refractivity contribution in [1.29, 1.82) is 0 Å². The fourth-order valence-corrected chi connectivity index (χ4v) is 2.58. The van der Waals surface area contributed by atoms with E-state index < -0.39 is 7.60 Å². The van der Waals surface area contributed by atoms with Crippen molar-refractivity contribution in [1.82, 2.24) is 4.98 Å². The van der Waals surface area contributed by atoms with Crippen molar-refractivity contribution in [2.45, 2.75) is 6.92 Å². The van der Waals surface area contributed by atoms with Crippen molar-refractivity contribution in [3.63, 3.8) is 0 Å². The Balaban J connectivity index is 2.67. The Morgan fingerprint density at radius 2 is 2.05 bits per heavy atom. The number of benzene rings is 1. The SMILES string of the molecule is C=C(c1cnccc1-c1cc(C)c(O)c(OC)c1)P(=O)(O)O. The van der Waals surface area contributed by atoms with Gasteiger partial charge in [0, 0.05) is 18.0 Å². The highest BCUT2D eigenvalue weighted by Crippen LogP contribution is 2.51. The van der Waals surface area contributed by atoms with Crippen molar-refractivity contribution in [2.24, 2.45) is 0 Å². The Kier molecular flexibility index (Phi) is 4.37. The van der Waals surface area contributed by atoms with Gasteiger partial charge in [0.15, 0.2) is 11.5 Å². The smallest absolute Gasteiger partial charge is 0.356 e. The first kappa shape index (κ1) is 16.2. The summed E-state index contributed by atoms with van der Waals surface area (Å²) in [6, 6.07) is 4.92. The summed E-state index contributed by atoms with van der Waals surface area (Å²) in [5.74, 6) is 0.301. The molecule has 116 valence electrons. The average Bonchev–Trinajstić information content (AvgIpc) is 2.48. The standard InChI is InChI=1S/C15H16NO5P/c1-9-6-11(7-14(21-3)15(9)17)12-4-5-16-8-13(12)10(2)22(18,19)20/h4-8,17H,2H2,1,3H3,(H2,18,19,20). The van der Waals surface area contributed by atoms with Gasteiger partial charge >= 0.3 is 7.60 Å². The highest BCUT2D eigenvalue weighted by Gasteiger charge is 2.23. The topological polar surface area (TPSA) is 99.9 Å². The lowest BCUT2D eigenvalue weighted by Crippen LogP contribution is -1.94. The summed E-state index contributed by atoms with van der Waals surface area (Å²) in [5, 5.41) is 9.59. The molecule has 0 amide bonds. The number of rotatable bonds is 4. The van der Waals surface area contributed by atoms with E-state index >= 15 is 0 Å². The van der Waals surface area contributed by atoms with E-state index in [-0.39, 0.29) is 22.4 Å². The molecule has 2 rings (SSSR count). The molecule has 0 saturated carbocycles. The van der Waals surface area contributed by atoms with Gasteiger partial charge in [-0.15, -0.1) is 0 Å². The fourth-order valence-electron chi connectivity index (χ4n) is 2.09. The maximum atomic E-state index is 11.5. The summed E-state index contributed by atoms with van der Waals surface area (Å²) in [4.78, 5) is 22.6. The molecule has 0 saturated heterocycles. The number of aryl methyl sites for hydroxylation is 1. The molecular formula is C15H16NO5P. The minimum absolute atomic E-state index is 0.0238. The van der Waals surface area contributed by atoms with Crippen LogP contribution < -0.4 is 4.74 Å². The number of nitrogens with zero attached hydrogens (tertiary/aromatic N) is 1. The number of hydrogen-bond acceptors (Lipinski definition) is 4. The number of phenols is 1. The zero-order valence-corrected chi connectivity index (χ0v) is 13.0. The highest BCUT2D eigenvalue weighted by atomic mass is 31.2. The van der Waals surface area contributed by atoms with Crippen LogP contribution in [0.1, 0.15) is 11.1 Å². The number of pyridine rings is 1. The van der Waals surface area contributed by atoms with Crippen LogP contribution >= 0.6 is 7.60 Å². The Labute approximate surface area is 127 Å². The van der Waals surface area contributed by atoms with E-state index in [0.29, 0.717) is 16.7 Å². The second-order valence-corrected chi connectivity index (χ2v) is 6.38. The molecule has 2 aromatic rings. The number of hydrogen-bond donors (Lipinski definition) is 3. The lowest BCUT2D eigenvalue weighted by atomic mass is 9.99. The van der Waals surface area contributed by atoms with Crippen LogP contribution in [0.5, 0.6) is 11.5 Å². The molecule has 0 radical (unpaired) electrons. The summed E-state index contributed by atoms with van der Waals surface area (Å²) in [5.41, 5.74) is 2.02. The molecule has 1 aromatic carbocycles. The van der Waals surface area contributed by atoms with Gasteiger partial charge in [-0.2, -0.15) is 0 Å². The largest absolute Gasteiger partial charge is 0.504 e. The molecule has 0 aliphatic carbocycles. The Morgan fingerprint density at radius 1 is 1.36 bits per heavy atom. The van der Waals surface area contributed by atoms with Crippen LogP contribution in [0.15, 0.2) is 37.2 Å². The fraction of sp³-hybridized carbons (Fsp3) is 0.133. The number of aromatic nitrogens is 1. The Bertz CT molecular complexity index is 781. The first-order valence-corrected chi connectivity index (χ1v) is 7.94. The van der Waals surface area contributed by atoms with E-state index in [2.05, 4.69) is 11.6 Å². The molecule has 6 nitrogen and oxygen atoms in total. The van der Waals surface area contributed by atoms with Crippen LogP contribution in [-0.2, 0) is 4.57 Å². The number of aromatic hydroxyl groups is 1. The summed E-state index contributed by atoms with van der Waals surface area (Å²) < 4.78 is 16.6. The van der Waals surface area contributed by atoms with Crippen LogP contribution in [0, 0.1) is 6.92 Å². The Hall–Kier alpha value is -2.14. The average molecular weight is 321 g/mol. The lowest BCUT2D eigenvalue weighted by Gasteiger charge is -2.15. The van der Waals surface area contributed by atoms with Crippen LogP contribution in [0.4, 0.5) is 0 Å². The van der Waals surface area contributed by atoms with Crippen molar-refractivity contribution in [2.75, 3.05) is 7.11 Å². The molecule has 0 unspecified atom stereocenters. The normalized spacial score (nSPS) is 11.3. The van der Waals surface area contributed by atoms with E-state index in [1.807, 2.05) is 0 Å². The van der Waals surface area contributed by atoms with Crippen molar-refractivity contribution in [3.8, 4) is 22.6 Å². The Morgan fingerprint density at radius 3 is 2.64 bits per heavy atom. The lowest BCUT2D eigenvalue weighted by molar-refractivity contribution is 0.372. The van der Waals surface area contributed by atoms with Gasteiger partial charge < -0.3 is 19.6 Å². The highest BCUT2D eigenvalue weighted by molar-refractivity contribution is 7.63. The van der Waals surface area contributed by atoms with E-state index in [1.165, 1.54) is 19.5 Å². The second-order valence-electron chi connectivity index (χ2n) is 4.76. The van der Waals surface area contributed by atoms with Gasteiger partial charge in [0.2, 0.25) is 0 Å². The maximum Gasteiger partial charge on any atom is 0.356 e. The van der Waals surface area contributed by atoms with E-state index in [0.717, 1.165) is 0 Å². The first-order chi connectivity index (χ1) is 10.3. The number of ether oxygens (including phenoxy) is 1. The molecule has 1 aromatic heterocycles. The monoisotopic (exact) mass is 321 g/mol. The van der Waals surface area contributed by atoms with Crippen molar-refractivity contribution >= 4 is 12.9 Å². The second kappa shape index (κ2) is 5.93. The van der Waals surface area contributed by atoms with E-state index in [9.17, 15) is 19.5 Å². The maximum absolute atomic E-state index is 11.5. The predicted molar refractivity (Wildman–Crippen MR) is 83.7 cm³/mol. The molecule has 0 spiro atoms. The van der Waals surface area contributed by atoms with Crippen molar-refractivity contribution in [3.05, 3.63) is 48.3 Å². The summed E-state index contributed by atoms with van der Waals surface area (Å²) in [6.07, 6.45) is 2.87. The van der Waals surface area contributed by atoms with E-state index in [1.54, 1.807) is 25.1 Å². The van der Waals surface area contributed by atoms with Gasteiger partial charge in [0.1, 0.15) is 0 Å². The van der Waals surface area contributed by atoms with E-state index in [4.69, 9.17) is 4.74 Å². The molecule has 1 heterocycles. The molecule has 3 N–H and O–H groups in total. The molecule has 22 heavy (non-hydrogen) atoms. The third-order valence-corrected chi connectivity index (χ3v) is 4.22. The quantitative estimate of drug-likeness (QED) is 0.749. The molecule has 0 fully saturated rings. The molecule has 0 aliphatic rings. The first-order valence-electron chi connectivity index (χ1n) is 6.33. The van der Waals surface area contributed by atoms with Crippen LogP contribution in [0.2, 0.25) is 0 Å². The van der Waals surface area contributed by atoms with Crippen molar-refractivity contribution < 1.29 is 24.2 Å². The van der Waals surface area contributed by atoms with Gasteiger partial charge in [-0.3, -0.25) is 9.55 Å². The van der Waals surface area contributed by atoms with Crippen LogP contribution in [-0.4, -0.2) is 27.0 Å². The summed E-state index contributed by atoms with van der Waals surface area (Å²) in [6.45, 7) is 5.19. The molecule has 7 heteroatoms.